The van der Waals surface area contributed by atoms with Crippen LogP contribution in [-0.4, -0.2) is 66.0 Å². The lowest BCUT2D eigenvalue weighted by molar-refractivity contribution is -0.134. The quantitative estimate of drug-likeness (QED) is 0.818. The first-order chi connectivity index (χ1) is 12.7. The molecule has 0 radical (unpaired) electrons. The summed E-state index contributed by atoms with van der Waals surface area (Å²) in [6.07, 6.45) is 5.14. The van der Waals surface area contributed by atoms with E-state index < -0.39 is 0 Å². The fraction of sp³-hybridized carbons (Fsp3) is 0.556. The Morgan fingerprint density at radius 2 is 2.08 bits per heavy atom. The van der Waals surface area contributed by atoms with Crippen LogP contribution in [0.15, 0.2) is 28.9 Å². The number of amides is 1. The number of aromatic nitrogens is 3. The summed E-state index contributed by atoms with van der Waals surface area (Å²) in [6, 6.07) is 3.68. The Bertz CT molecular complexity index is 758. The van der Waals surface area contributed by atoms with E-state index in [9.17, 15) is 4.79 Å². The molecule has 1 unspecified atom stereocenters. The molecule has 1 spiro atoms. The number of methoxy groups -OCH3 is 1. The molecular weight excluding hydrogens is 336 g/mol. The van der Waals surface area contributed by atoms with Crippen LogP contribution in [0.3, 0.4) is 0 Å². The molecule has 4 rings (SSSR count). The molecular formula is C18H22N4O4. The molecule has 2 fully saturated rings. The van der Waals surface area contributed by atoms with Crippen molar-refractivity contribution in [3.05, 3.63) is 30.4 Å². The predicted octanol–water partition coefficient (Wildman–Crippen LogP) is 1.50. The van der Waals surface area contributed by atoms with E-state index >= 15 is 0 Å². The molecule has 2 aliphatic heterocycles. The molecule has 0 saturated carbocycles. The van der Waals surface area contributed by atoms with Gasteiger partial charge in [-0.15, -0.1) is 10.2 Å². The average Bonchev–Trinajstić information content (AvgIpc) is 3.29. The number of carbonyl (C=O) groups excluding carboxylic acids is 1. The highest BCUT2D eigenvalue weighted by atomic mass is 16.5. The second-order valence-corrected chi connectivity index (χ2v) is 6.92. The minimum absolute atomic E-state index is 0.00487. The molecule has 2 aromatic rings. The second kappa shape index (κ2) is 7.13. The highest BCUT2D eigenvalue weighted by Crippen LogP contribution is 2.49. The van der Waals surface area contributed by atoms with Crippen molar-refractivity contribution in [1.82, 2.24) is 20.1 Å². The van der Waals surface area contributed by atoms with Crippen molar-refractivity contribution < 1.29 is 18.7 Å². The maximum absolute atomic E-state index is 12.4. The second-order valence-electron chi connectivity index (χ2n) is 6.92. The zero-order chi connectivity index (χ0) is 18.0. The Morgan fingerprint density at radius 3 is 2.81 bits per heavy atom. The Hall–Kier alpha value is -2.32. The standard InChI is InChI=1S/C18H22N4O4/c1-24-11-15(23)22-10-14(18(12-22)4-8-25-9-5-18)17-21-20-16(26-17)13-2-6-19-7-3-13/h2-3,6-7,14H,4-5,8-12H2,1H3. The van der Waals surface area contributed by atoms with Crippen molar-refractivity contribution in [3.8, 4) is 11.5 Å². The minimum Gasteiger partial charge on any atom is -0.420 e. The number of likely N-dealkylation sites (tertiary alicyclic amines) is 1. The number of hydrogen-bond donors (Lipinski definition) is 0. The first kappa shape index (κ1) is 17.1. The number of rotatable bonds is 4. The van der Waals surface area contributed by atoms with E-state index in [-0.39, 0.29) is 23.8 Å². The van der Waals surface area contributed by atoms with Gasteiger partial charge in [-0.2, -0.15) is 0 Å². The van der Waals surface area contributed by atoms with Gasteiger partial charge >= 0.3 is 0 Å². The van der Waals surface area contributed by atoms with E-state index in [1.165, 1.54) is 7.11 Å². The molecule has 1 amide bonds. The van der Waals surface area contributed by atoms with Crippen molar-refractivity contribution in [2.75, 3.05) is 40.0 Å². The maximum atomic E-state index is 12.4. The monoisotopic (exact) mass is 358 g/mol. The largest absolute Gasteiger partial charge is 0.420 e. The van der Waals surface area contributed by atoms with Crippen molar-refractivity contribution in [2.24, 2.45) is 5.41 Å². The van der Waals surface area contributed by atoms with Gasteiger partial charge in [0.1, 0.15) is 6.61 Å². The molecule has 1 atom stereocenters. The SMILES string of the molecule is COCC(=O)N1CC(c2nnc(-c3ccncc3)o2)C2(CCOCC2)C1. The number of hydrogen-bond acceptors (Lipinski definition) is 7. The molecule has 8 nitrogen and oxygen atoms in total. The van der Waals surface area contributed by atoms with E-state index in [2.05, 4.69) is 15.2 Å². The lowest BCUT2D eigenvalue weighted by atomic mass is 9.72. The molecule has 8 heteroatoms. The van der Waals surface area contributed by atoms with Crippen molar-refractivity contribution >= 4 is 5.91 Å². The van der Waals surface area contributed by atoms with Crippen LogP contribution >= 0.6 is 0 Å². The molecule has 2 saturated heterocycles. The van der Waals surface area contributed by atoms with Gasteiger partial charge in [-0.1, -0.05) is 0 Å². The van der Waals surface area contributed by atoms with Crippen molar-refractivity contribution in [2.45, 2.75) is 18.8 Å². The lowest BCUT2D eigenvalue weighted by Crippen LogP contribution is -2.38. The van der Waals surface area contributed by atoms with Gasteiger partial charge in [0.25, 0.3) is 0 Å². The Morgan fingerprint density at radius 1 is 1.31 bits per heavy atom. The average molecular weight is 358 g/mol. The van der Waals surface area contributed by atoms with Gasteiger partial charge in [0.15, 0.2) is 0 Å². The van der Waals surface area contributed by atoms with Gasteiger partial charge in [0, 0.05) is 56.8 Å². The lowest BCUT2D eigenvalue weighted by Gasteiger charge is -2.36. The van der Waals surface area contributed by atoms with Gasteiger partial charge in [0.2, 0.25) is 17.7 Å². The third-order valence-electron chi connectivity index (χ3n) is 5.42. The molecule has 4 heterocycles. The van der Waals surface area contributed by atoms with Crippen LogP contribution in [-0.2, 0) is 14.3 Å². The van der Waals surface area contributed by atoms with E-state index in [4.69, 9.17) is 13.9 Å². The van der Waals surface area contributed by atoms with E-state index in [1.54, 1.807) is 12.4 Å². The summed E-state index contributed by atoms with van der Waals surface area (Å²) >= 11 is 0. The first-order valence-electron chi connectivity index (χ1n) is 8.80. The van der Waals surface area contributed by atoms with E-state index in [1.807, 2.05) is 17.0 Å². The summed E-state index contributed by atoms with van der Waals surface area (Å²) in [5.41, 5.74) is 0.758. The topological polar surface area (TPSA) is 90.6 Å². The summed E-state index contributed by atoms with van der Waals surface area (Å²) in [7, 11) is 1.54. The van der Waals surface area contributed by atoms with Gasteiger partial charge in [0.05, 0.1) is 5.92 Å². The Balaban J connectivity index is 1.62. The van der Waals surface area contributed by atoms with E-state index in [0.29, 0.717) is 38.1 Å². The molecule has 0 aromatic carbocycles. The number of nitrogens with zero attached hydrogens (tertiary/aromatic N) is 4. The molecule has 2 aromatic heterocycles. The number of ether oxygens (including phenoxy) is 2. The molecule has 2 aliphatic rings. The third-order valence-corrected chi connectivity index (χ3v) is 5.42. The third kappa shape index (κ3) is 3.10. The highest BCUT2D eigenvalue weighted by molar-refractivity contribution is 5.78. The predicted molar refractivity (Wildman–Crippen MR) is 91.2 cm³/mol. The van der Waals surface area contributed by atoms with Crippen LogP contribution in [0.2, 0.25) is 0 Å². The summed E-state index contributed by atoms with van der Waals surface area (Å²) in [4.78, 5) is 18.2. The minimum atomic E-state index is -0.0797. The van der Waals surface area contributed by atoms with Crippen LogP contribution in [0.4, 0.5) is 0 Å². The zero-order valence-corrected chi connectivity index (χ0v) is 14.8. The molecule has 26 heavy (non-hydrogen) atoms. The summed E-state index contributed by atoms with van der Waals surface area (Å²) in [5.74, 6) is 1.07. The number of pyridine rings is 1. The normalized spacial score (nSPS) is 22.0. The molecule has 138 valence electrons. The Kier molecular flexibility index (Phi) is 4.69. The van der Waals surface area contributed by atoms with Crippen molar-refractivity contribution in [1.29, 1.82) is 0 Å². The molecule has 0 bridgehead atoms. The van der Waals surface area contributed by atoms with Crippen LogP contribution in [0, 0.1) is 5.41 Å². The van der Waals surface area contributed by atoms with E-state index in [0.717, 1.165) is 18.4 Å². The Labute approximate surface area is 151 Å². The van der Waals surface area contributed by atoms with Gasteiger partial charge in [-0.3, -0.25) is 9.78 Å². The molecule has 0 N–H and O–H groups in total. The summed E-state index contributed by atoms with van der Waals surface area (Å²) in [5, 5.41) is 8.53. The smallest absolute Gasteiger partial charge is 0.248 e. The molecule has 0 aliphatic carbocycles. The summed E-state index contributed by atoms with van der Waals surface area (Å²) in [6.45, 7) is 2.71. The highest BCUT2D eigenvalue weighted by Gasteiger charge is 2.51. The van der Waals surface area contributed by atoms with Crippen LogP contribution in [0.25, 0.3) is 11.5 Å². The van der Waals surface area contributed by atoms with Gasteiger partial charge < -0.3 is 18.8 Å². The zero-order valence-electron chi connectivity index (χ0n) is 14.8. The van der Waals surface area contributed by atoms with Gasteiger partial charge in [-0.05, 0) is 25.0 Å². The fourth-order valence-corrected chi connectivity index (χ4v) is 3.98. The fourth-order valence-electron chi connectivity index (χ4n) is 3.98. The summed E-state index contributed by atoms with van der Waals surface area (Å²) < 4.78 is 16.6. The van der Waals surface area contributed by atoms with Crippen LogP contribution < -0.4 is 0 Å². The first-order valence-corrected chi connectivity index (χ1v) is 8.80. The maximum Gasteiger partial charge on any atom is 0.248 e. The van der Waals surface area contributed by atoms with Crippen LogP contribution in [0.5, 0.6) is 0 Å². The number of carbonyl (C=O) groups is 1. The van der Waals surface area contributed by atoms with Crippen molar-refractivity contribution in [3.63, 3.8) is 0 Å². The van der Waals surface area contributed by atoms with Crippen LogP contribution in [0.1, 0.15) is 24.7 Å². The van der Waals surface area contributed by atoms with Gasteiger partial charge in [-0.25, -0.2) is 0 Å².